The summed E-state index contributed by atoms with van der Waals surface area (Å²) in [6, 6.07) is 7.38. The number of benzene rings is 1. The van der Waals surface area contributed by atoms with Crippen LogP contribution in [0.25, 0.3) is 0 Å². The van der Waals surface area contributed by atoms with Gasteiger partial charge in [0.1, 0.15) is 0 Å². The number of hydrogen-bond donors (Lipinski definition) is 2. The highest BCUT2D eigenvalue weighted by molar-refractivity contribution is 7.80. The minimum absolute atomic E-state index is 0.00154. The van der Waals surface area contributed by atoms with Crippen LogP contribution < -0.4 is 5.73 Å². The lowest BCUT2D eigenvalue weighted by atomic mass is 9.74. The number of nitrogens with zero attached hydrogens (tertiary/aromatic N) is 1. The van der Waals surface area contributed by atoms with E-state index in [9.17, 15) is 4.79 Å². The molecule has 1 aliphatic carbocycles. The first-order chi connectivity index (χ1) is 10.0. The molecule has 1 aromatic carbocycles. The van der Waals surface area contributed by atoms with E-state index in [1.807, 2.05) is 18.2 Å². The molecule has 1 aliphatic heterocycles. The number of fused-ring (bicyclic) bond motifs is 2. The first-order valence-corrected chi connectivity index (χ1v) is 7.91. The maximum Gasteiger partial charge on any atom is 0.205 e. The van der Waals surface area contributed by atoms with Crippen LogP contribution in [-0.4, -0.2) is 23.2 Å². The van der Waals surface area contributed by atoms with Crippen molar-refractivity contribution in [1.29, 1.82) is 0 Å². The van der Waals surface area contributed by atoms with Gasteiger partial charge in [0.15, 0.2) is 17.5 Å². The fourth-order valence-electron chi connectivity index (χ4n) is 3.09. The standard InChI is InChI=1S/C15H17ClN2O2S/c16-10-5-2-1-4-9(10)15-7-3-6-11(14(15)19)20-13(18-15)8-12(17)21/h1-2,4-5,11-12,21H,3,6-8,17H2/t11-,12+,15-/m0/s1. The molecule has 0 amide bonds. The summed E-state index contributed by atoms with van der Waals surface area (Å²) in [4.78, 5) is 17.4. The normalized spacial score (nSPS) is 29.6. The first kappa shape index (κ1) is 14.9. The lowest BCUT2D eigenvalue weighted by Crippen LogP contribution is -2.51. The van der Waals surface area contributed by atoms with Crippen LogP contribution in [0.5, 0.6) is 0 Å². The van der Waals surface area contributed by atoms with Crippen molar-refractivity contribution in [2.45, 2.75) is 42.7 Å². The van der Waals surface area contributed by atoms with Crippen LogP contribution >= 0.6 is 24.2 Å². The van der Waals surface area contributed by atoms with E-state index >= 15 is 0 Å². The lowest BCUT2D eigenvalue weighted by molar-refractivity contribution is -0.137. The van der Waals surface area contributed by atoms with Gasteiger partial charge in [-0.15, -0.1) is 0 Å². The van der Waals surface area contributed by atoms with Crippen molar-refractivity contribution >= 4 is 35.9 Å². The van der Waals surface area contributed by atoms with E-state index < -0.39 is 11.6 Å². The SMILES string of the molecule is N[C@H](S)CC1=N[C@]2(c3ccccc3Cl)CCC[C@H](O1)C2=O. The minimum atomic E-state index is -0.919. The van der Waals surface area contributed by atoms with E-state index in [0.717, 1.165) is 12.0 Å². The van der Waals surface area contributed by atoms with Crippen LogP contribution in [0, 0.1) is 0 Å². The van der Waals surface area contributed by atoms with E-state index in [1.54, 1.807) is 6.07 Å². The van der Waals surface area contributed by atoms with Gasteiger partial charge in [0.2, 0.25) is 5.78 Å². The average Bonchev–Trinajstić information content (AvgIpc) is 2.40. The Kier molecular flexibility index (Phi) is 3.99. The third-order valence-electron chi connectivity index (χ3n) is 4.00. The van der Waals surface area contributed by atoms with Gasteiger partial charge >= 0.3 is 0 Å². The van der Waals surface area contributed by atoms with Crippen LogP contribution in [-0.2, 0) is 15.1 Å². The van der Waals surface area contributed by atoms with E-state index in [2.05, 4.69) is 17.6 Å². The zero-order chi connectivity index (χ0) is 15.0. The second kappa shape index (κ2) is 5.63. The van der Waals surface area contributed by atoms with Gasteiger partial charge in [0.25, 0.3) is 0 Å². The Hall–Kier alpha value is -1.04. The van der Waals surface area contributed by atoms with Crippen molar-refractivity contribution in [2.24, 2.45) is 10.7 Å². The predicted octanol–water partition coefficient (Wildman–Crippen LogP) is 2.69. The molecular weight excluding hydrogens is 308 g/mol. The van der Waals surface area contributed by atoms with E-state index in [-0.39, 0.29) is 11.2 Å². The fourth-order valence-corrected chi connectivity index (χ4v) is 3.54. The van der Waals surface area contributed by atoms with E-state index in [1.165, 1.54) is 0 Å². The van der Waals surface area contributed by atoms with Gasteiger partial charge < -0.3 is 10.5 Å². The molecule has 21 heavy (non-hydrogen) atoms. The molecule has 4 nitrogen and oxygen atoms in total. The Morgan fingerprint density at radius 3 is 3.00 bits per heavy atom. The molecule has 0 aromatic heterocycles. The molecule has 2 N–H and O–H groups in total. The number of ketones is 1. The van der Waals surface area contributed by atoms with Gasteiger partial charge in [-0.1, -0.05) is 29.8 Å². The van der Waals surface area contributed by atoms with Crippen LogP contribution in [0.4, 0.5) is 0 Å². The maximum absolute atomic E-state index is 12.8. The van der Waals surface area contributed by atoms with E-state index in [0.29, 0.717) is 30.2 Å². The first-order valence-electron chi connectivity index (χ1n) is 7.01. The molecule has 0 unspecified atom stereocenters. The number of ether oxygens (including phenoxy) is 1. The topological polar surface area (TPSA) is 64.7 Å². The number of thiol groups is 1. The molecule has 0 spiro atoms. The molecule has 1 fully saturated rings. The molecule has 1 saturated carbocycles. The van der Waals surface area contributed by atoms with Gasteiger partial charge in [0, 0.05) is 17.0 Å². The number of carbonyl (C=O) groups excluding carboxylic acids is 1. The van der Waals surface area contributed by atoms with Gasteiger partial charge in [0.05, 0.1) is 5.37 Å². The molecule has 6 heteroatoms. The van der Waals surface area contributed by atoms with Crippen molar-refractivity contribution in [3.63, 3.8) is 0 Å². The Balaban J connectivity index is 2.11. The van der Waals surface area contributed by atoms with Crippen LogP contribution in [0.1, 0.15) is 31.2 Å². The maximum atomic E-state index is 12.8. The average molecular weight is 325 g/mol. The Labute approximate surface area is 134 Å². The van der Waals surface area contributed by atoms with E-state index in [4.69, 9.17) is 22.1 Å². The van der Waals surface area contributed by atoms with Crippen LogP contribution in [0.3, 0.4) is 0 Å². The molecule has 112 valence electrons. The molecule has 1 heterocycles. The summed E-state index contributed by atoms with van der Waals surface area (Å²) in [6.07, 6.45) is 2.20. The largest absolute Gasteiger partial charge is 0.470 e. The van der Waals surface area contributed by atoms with Crippen molar-refractivity contribution in [1.82, 2.24) is 0 Å². The quantitative estimate of drug-likeness (QED) is 0.663. The fraction of sp³-hybridized carbons (Fsp3) is 0.467. The molecule has 0 saturated heterocycles. The smallest absolute Gasteiger partial charge is 0.205 e. The Morgan fingerprint density at radius 1 is 1.52 bits per heavy atom. The number of carbonyl (C=O) groups is 1. The summed E-state index contributed by atoms with van der Waals surface area (Å²) in [7, 11) is 0. The number of hydrogen-bond acceptors (Lipinski definition) is 5. The predicted molar refractivity (Wildman–Crippen MR) is 85.9 cm³/mol. The van der Waals surface area contributed by atoms with Crippen LogP contribution in [0.2, 0.25) is 5.02 Å². The van der Waals surface area contributed by atoms with Crippen LogP contribution in [0.15, 0.2) is 29.3 Å². The molecule has 1 aromatic rings. The summed E-state index contributed by atoms with van der Waals surface area (Å²) < 4.78 is 5.70. The Morgan fingerprint density at radius 2 is 2.29 bits per heavy atom. The molecular formula is C15H17ClN2O2S. The summed E-state index contributed by atoms with van der Waals surface area (Å²) in [6.45, 7) is 0. The second-order valence-corrected chi connectivity index (χ2v) is 6.55. The number of halogens is 1. The summed E-state index contributed by atoms with van der Waals surface area (Å²) in [5.74, 6) is 0.500. The monoisotopic (exact) mass is 324 g/mol. The number of aliphatic imine (C=N–C) groups is 1. The van der Waals surface area contributed by atoms with Crippen molar-refractivity contribution < 1.29 is 9.53 Å². The third kappa shape index (κ3) is 2.58. The van der Waals surface area contributed by atoms with Gasteiger partial charge in [-0.05, 0) is 25.3 Å². The number of rotatable bonds is 3. The minimum Gasteiger partial charge on any atom is -0.470 e. The van der Waals surface area contributed by atoms with Crippen molar-refractivity contribution in [2.75, 3.05) is 0 Å². The molecule has 2 bridgehead atoms. The molecule has 0 radical (unpaired) electrons. The lowest BCUT2D eigenvalue weighted by Gasteiger charge is -2.41. The van der Waals surface area contributed by atoms with Crippen molar-refractivity contribution in [3.8, 4) is 0 Å². The highest BCUT2D eigenvalue weighted by atomic mass is 35.5. The molecule has 3 rings (SSSR count). The highest BCUT2D eigenvalue weighted by Gasteiger charge is 2.51. The second-order valence-electron chi connectivity index (χ2n) is 5.48. The summed E-state index contributed by atoms with van der Waals surface area (Å²) in [5.41, 5.74) is 5.55. The summed E-state index contributed by atoms with van der Waals surface area (Å²) >= 11 is 10.5. The van der Waals surface area contributed by atoms with Gasteiger partial charge in [-0.3, -0.25) is 4.79 Å². The third-order valence-corrected chi connectivity index (χ3v) is 4.51. The zero-order valence-electron chi connectivity index (χ0n) is 11.5. The van der Waals surface area contributed by atoms with Gasteiger partial charge in [-0.25, -0.2) is 4.99 Å². The zero-order valence-corrected chi connectivity index (χ0v) is 13.1. The molecule has 3 atom stereocenters. The Bertz CT molecular complexity index is 605. The summed E-state index contributed by atoms with van der Waals surface area (Å²) in [5, 5.41) is 0.202. The van der Waals surface area contributed by atoms with Gasteiger partial charge in [-0.2, -0.15) is 12.6 Å². The highest BCUT2D eigenvalue weighted by Crippen LogP contribution is 2.44. The molecule has 2 aliphatic rings. The number of nitrogens with two attached hydrogens (primary N) is 1. The number of Topliss-reactive ketones (excluding diaryl/α,β-unsaturated/α-hetero) is 1. The van der Waals surface area contributed by atoms with Crippen molar-refractivity contribution in [3.05, 3.63) is 34.9 Å².